The quantitative estimate of drug-likeness (QED) is 0.291. The van der Waals surface area contributed by atoms with Gasteiger partial charge >= 0.3 is 0 Å². The van der Waals surface area contributed by atoms with Gasteiger partial charge in [0, 0.05) is 5.70 Å². The van der Waals surface area contributed by atoms with Crippen molar-refractivity contribution < 1.29 is 0 Å². The summed E-state index contributed by atoms with van der Waals surface area (Å²) >= 11 is 0. The Balaban J connectivity index is -0.000000212. The van der Waals surface area contributed by atoms with Crippen LogP contribution in [0.25, 0.3) is 0 Å². The van der Waals surface area contributed by atoms with Crippen molar-refractivity contribution in [3.8, 4) is 0 Å². The van der Waals surface area contributed by atoms with E-state index in [0.717, 1.165) is 48.0 Å². The van der Waals surface area contributed by atoms with Gasteiger partial charge in [0.1, 0.15) is 0 Å². The summed E-state index contributed by atoms with van der Waals surface area (Å²) in [6.07, 6.45) is 4.14. The third-order valence-corrected chi connectivity index (χ3v) is 4.92. The summed E-state index contributed by atoms with van der Waals surface area (Å²) in [5, 5.41) is 0. The van der Waals surface area contributed by atoms with E-state index in [1.165, 1.54) is 27.8 Å². The van der Waals surface area contributed by atoms with Crippen LogP contribution in [0.15, 0.2) is 103 Å². The maximum Gasteiger partial charge on any atom is 0.0273 e. The molecule has 1 aromatic rings. The van der Waals surface area contributed by atoms with Crippen molar-refractivity contribution in [2.45, 2.75) is 94.9 Å². The van der Waals surface area contributed by atoms with Gasteiger partial charge in [-0.3, -0.25) is 0 Å². The van der Waals surface area contributed by atoms with Crippen LogP contribution in [0, 0.1) is 6.92 Å². The Kier molecular flexibility index (Phi) is 27.4. The van der Waals surface area contributed by atoms with Crippen LogP contribution in [0.1, 0.15) is 91.8 Å². The third-order valence-electron chi connectivity index (χ3n) is 4.92. The molecule has 1 rings (SSSR count). The van der Waals surface area contributed by atoms with E-state index in [9.17, 15) is 0 Å². The number of hydrogen-bond acceptors (Lipinski definition) is 1. The highest BCUT2D eigenvalue weighted by molar-refractivity contribution is 5.48. The Morgan fingerprint density at radius 2 is 1.29 bits per heavy atom. The molecule has 1 aromatic carbocycles. The Morgan fingerprint density at radius 3 is 1.57 bits per heavy atom. The summed E-state index contributed by atoms with van der Waals surface area (Å²) in [4.78, 5) is 0. The van der Waals surface area contributed by atoms with Gasteiger partial charge in [-0.25, -0.2) is 0 Å². The van der Waals surface area contributed by atoms with E-state index in [1.807, 2.05) is 41.5 Å². The lowest BCUT2D eigenvalue weighted by Gasteiger charge is -2.13. The van der Waals surface area contributed by atoms with Crippen LogP contribution in [0.2, 0.25) is 0 Å². The molecule has 0 aliphatic rings. The number of benzene rings is 1. The van der Waals surface area contributed by atoms with Crippen LogP contribution in [0.5, 0.6) is 0 Å². The summed E-state index contributed by atoms with van der Waals surface area (Å²) in [6, 6.07) is 6.76. The largest absolute Gasteiger partial charge is 0.399 e. The van der Waals surface area contributed by atoms with E-state index < -0.39 is 0 Å². The first-order valence-electron chi connectivity index (χ1n) is 12.7. The Bertz CT molecular complexity index is 826. The molecule has 0 bridgehead atoms. The molecule has 2 N–H and O–H groups in total. The molecule has 0 heterocycles. The zero-order valence-electron chi connectivity index (χ0n) is 25.1. The van der Waals surface area contributed by atoms with Gasteiger partial charge in [-0.1, -0.05) is 95.9 Å². The fourth-order valence-electron chi connectivity index (χ4n) is 2.73. The second-order valence-corrected chi connectivity index (χ2v) is 8.34. The van der Waals surface area contributed by atoms with Crippen LogP contribution < -0.4 is 5.73 Å². The molecule has 1 heteroatoms. The molecule has 0 spiro atoms. The average Bonchev–Trinajstić information content (AvgIpc) is 2.83. The van der Waals surface area contributed by atoms with Crippen LogP contribution in [-0.2, 0) is 12.8 Å². The van der Waals surface area contributed by atoms with Gasteiger partial charge in [-0.2, -0.15) is 0 Å². The van der Waals surface area contributed by atoms with Crippen molar-refractivity contribution in [1.82, 2.24) is 0 Å². The molecule has 0 aliphatic heterocycles. The molecule has 0 amide bonds. The van der Waals surface area contributed by atoms with Crippen LogP contribution in [0.4, 0.5) is 0 Å². The van der Waals surface area contributed by atoms with Gasteiger partial charge < -0.3 is 5.73 Å². The zero-order chi connectivity index (χ0) is 28.7. The maximum atomic E-state index is 5.63. The summed E-state index contributed by atoms with van der Waals surface area (Å²) in [7, 11) is 0. The Morgan fingerprint density at radius 1 is 0.829 bits per heavy atom. The second kappa shape index (κ2) is 24.3. The monoisotopic (exact) mass is 479 g/mol. The highest BCUT2D eigenvalue weighted by atomic mass is 14.6. The molecule has 198 valence electrons. The lowest BCUT2D eigenvalue weighted by molar-refractivity contribution is 0.998. The molecule has 0 unspecified atom stereocenters. The number of nitrogens with two attached hydrogens (primary N) is 1. The molecule has 0 radical (unpaired) electrons. The van der Waals surface area contributed by atoms with Crippen molar-refractivity contribution in [3.63, 3.8) is 0 Å². The first-order valence-corrected chi connectivity index (χ1v) is 12.7. The Hall–Kier alpha value is -2.80. The van der Waals surface area contributed by atoms with E-state index in [1.54, 1.807) is 0 Å². The van der Waals surface area contributed by atoms with Gasteiger partial charge in [0.15, 0.2) is 0 Å². The maximum absolute atomic E-state index is 5.63. The summed E-state index contributed by atoms with van der Waals surface area (Å²) in [6.45, 7) is 45.6. The zero-order valence-corrected chi connectivity index (χ0v) is 25.1. The predicted molar refractivity (Wildman–Crippen MR) is 167 cm³/mol. The molecule has 0 saturated heterocycles. The van der Waals surface area contributed by atoms with E-state index in [0.29, 0.717) is 5.70 Å². The van der Waals surface area contributed by atoms with Crippen LogP contribution in [-0.4, -0.2) is 0 Å². The summed E-state index contributed by atoms with van der Waals surface area (Å²) < 4.78 is 0. The summed E-state index contributed by atoms with van der Waals surface area (Å²) in [5.41, 5.74) is 17.1. The first kappa shape index (κ1) is 39.4. The second-order valence-electron chi connectivity index (χ2n) is 8.34. The SMILES string of the molecule is C=C.C=C(C)C.C=C(C)C(=C)/C(CC)=C(\C)C(=C)N.C=C(CC)Cc1ccc(CC)cc1C.CC. The van der Waals surface area contributed by atoms with Gasteiger partial charge in [-0.05, 0) is 93.7 Å². The smallest absolute Gasteiger partial charge is 0.0273 e. The van der Waals surface area contributed by atoms with Gasteiger partial charge in [0.2, 0.25) is 0 Å². The van der Waals surface area contributed by atoms with Crippen molar-refractivity contribution >= 4 is 0 Å². The average molecular weight is 480 g/mol. The number of rotatable bonds is 8. The highest BCUT2D eigenvalue weighted by Crippen LogP contribution is 2.24. The number of allylic oxidation sites excluding steroid dienone is 6. The highest BCUT2D eigenvalue weighted by Gasteiger charge is 2.06. The molecule has 0 saturated carbocycles. The molecule has 0 fully saturated rings. The van der Waals surface area contributed by atoms with Crippen molar-refractivity contribution in [2.75, 3.05) is 0 Å². The molecule has 0 aromatic heterocycles. The third kappa shape index (κ3) is 20.3. The van der Waals surface area contributed by atoms with E-state index in [4.69, 9.17) is 5.73 Å². The van der Waals surface area contributed by atoms with Gasteiger partial charge in [0.25, 0.3) is 0 Å². The fourth-order valence-corrected chi connectivity index (χ4v) is 2.73. The lowest BCUT2D eigenvalue weighted by atomic mass is 9.94. The van der Waals surface area contributed by atoms with E-state index in [2.05, 4.69) is 91.9 Å². The normalized spacial score (nSPS) is 9.54. The van der Waals surface area contributed by atoms with Crippen molar-refractivity contribution in [1.29, 1.82) is 0 Å². The van der Waals surface area contributed by atoms with Crippen molar-refractivity contribution in [2.24, 2.45) is 5.73 Å². The minimum absolute atomic E-state index is 0.610. The molecular formula is C34H57N. The summed E-state index contributed by atoms with van der Waals surface area (Å²) in [5.74, 6) is 0. The van der Waals surface area contributed by atoms with Crippen LogP contribution in [0.3, 0.4) is 0 Å². The minimum atomic E-state index is 0.610. The van der Waals surface area contributed by atoms with E-state index in [-0.39, 0.29) is 0 Å². The molecular weight excluding hydrogens is 422 g/mol. The Labute approximate surface area is 220 Å². The first-order chi connectivity index (χ1) is 16.3. The fraction of sp³-hybridized carbons (Fsp3) is 0.412. The molecule has 0 aliphatic carbocycles. The van der Waals surface area contributed by atoms with Gasteiger partial charge in [-0.15, -0.1) is 19.7 Å². The number of aryl methyl sites for hydroxylation is 2. The van der Waals surface area contributed by atoms with Crippen molar-refractivity contribution in [3.05, 3.63) is 120 Å². The number of hydrogen-bond donors (Lipinski definition) is 1. The molecule has 0 atom stereocenters. The van der Waals surface area contributed by atoms with Crippen LogP contribution >= 0.6 is 0 Å². The minimum Gasteiger partial charge on any atom is -0.399 e. The predicted octanol–water partition coefficient (Wildman–Crippen LogP) is 10.8. The molecule has 35 heavy (non-hydrogen) atoms. The van der Waals surface area contributed by atoms with E-state index >= 15 is 0 Å². The topological polar surface area (TPSA) is 26.0 Å². The molecule has 1 nitrogen and oxygen atoms in total. The standard InChI is InChI=1S/C14H20.C12H19N.C4H8.C2H6.C2H4/c1-5-11(3)9-14-8-7-13(6-2)10-12(14)4;1-7-12(9(4)8(2)3)10(5)11(6)13;1-4(2)3;2*1-2/h7-8,10H,3,5-6,9H2,1-2,4H3;2,4,6-7,13H2,1,3,5H3;1H2,2-3H3;1-2H3;1-2H2/b;12-10+;;;. The van der Waals surface area contributed by atoms with Gasteiger partial charge in [0.05, 0.1) is 0 Å². The lowest BCUT2D eigenvalue weighted by Crippen LogP contribution is -2.01.